The van der Waals surface area contributed by atoms with E-state index in [2.05, 4.69) is 31.4 Å². The zero-order valence-corrected chi connectivity index (χ0v) is 11.5. The second-order valence-corrected chi connectivity index (χ2v) is 5.76. The van der Waals surface area contributed by atoms with Crippen molar-refractivity contribution in [2.45, 2.75) is 51.5 Å². The monoisotopic (exact) mass is 268 g/mol. The van der Waals surface area contributed by atoms with Gasteiger partial charge in [-0.1, -0.05) is 18.2 Å². The highest BCUT2D eigenvalue weighted by Gasteiger charge is 2.39. The molecule has 0 bridgehead atoms. The molecule has 3 N–H and O–H groups in total. The SMILES string of the molecule is Cc1ccc(C(CC2CCC(F)(F)C2)NN)cc1C. The Morgan fingerprint density at radius 2 is 2.11 bits per heavy atom. The van der Waals surface area contributed by atoms with Gasteiger partial charge >= 0.3 is 0 Å². The summed E-state index contributed by atoms with van der Waals surface area (Å²) in [5, 5.41) is 0. The molecule has 1 fully saturated rings. The van der Waals surface area contributed by atoms with Crippen molar-refractivity contribution in [3.8, 4) is 0 Å². The Labute approximate surface area is 113 Å². The van der Waals surface area contributed by atoms with Crippen LogP contribution >= 0.6 is 0 Å². The second kappa shape index (κ2) is 5.55. The minimum Gasteiger partial charge on any atom is -0.271 e. The van der Waals surface area contributed by atoms with Gasteiger partial charge in [-0.05, 0) is 49.3 Å². The largest absolute Gasteiger partial charge is 0.271 e. The number of hydrazine groups is 1. The Morgan fingerprint density at radius 3 is 2.63 bits per heavy atom. The number of rotatable bonds is 4. The summed E-state index contributed by atoms with van der Waals surface area (Å²) < 4.78 is 26.4. The predicted octanol–water partition coefficient (Wildman–Crippen LogP) is 3.63. The van der Waals surface area contributed by atoms with Crippen LogP contribution in [0, 0.1) is 19.8 Å². The van der Waals surface area contributed by atoms with Crippen molar-refractivity contribution >= 4 is 0 Å². The van der Waals surface area contributed by atoms with Crippen molar-refractivity contribution in [3.05, 3.63) is 34.9 Å². The summed E-state index contributed by atoms with van der Waals surface area (Å²) in [6.07, 6.45) is 1.28. The number of nitrogens with one attached hydrogen (secondary N) is 1. The topological polar surface area (TPSA) is 38.0 Å². The van der Waals surface area contributed by atoms with Crippen LogP contribution < -0.4 is 11.3 Å². The quantitative estimate of drug-likeness (QED) is 0.646. The second-order valence-electron chi connectivity index (χ2n) is 5.76. The molecular weight excluding hydrogens is 246 g/mol. The van der Waals surface area contributed by atoms with Crippen molar-refractivity contribution in [1.29, 1.82) is 0 Å². The lowest BCUT2D eigenvalue weighted by Gasteiger charge is -2.21. The van der Waals surface area contributed by atoms with Gasteiger partial charge in [0.1, 0.15) is 0 Å². The first-order valence-corrected chi connectivity index (χ1v) is 6.82. The zero-order chi connectivity index (χ0) is 14.0. The van der Waals surface area contributed by atoms with E-state index < -0.39 is 5.92 Å². The highest BCUT2D eigenvalue weighted by Crippen LogP contribution is 2.42. The number of hydrogen-bond acceptors (Lipinski definition) is 2. The van der Waals surface area contributed by atoms with E-state index in [-0.39, 0.29) is 24.8 Å². The predicted molar refractivity (Wildman–Crippen MR) is 72.9 cm³/mol. The number of hydrogen-bond donors (Lipinski definition) is 2. The van der Waals surface area contributed by atoms with Gasteiger partial charge < -0.3 is 0 Å². The van der Waals surface area contributed by atoms with Crippen LogP contribution in [0.25, 0.3) is 0 Å². The van der Waals surface area contributed by atoms with E-state index in [1.54, 1.807) is 0 Å². The van der Waals surface area contributed by atoms with E-state index >= 15 is 0 Å². The summed E-state index contributed by atoms with van der Waals surface area (Å²) >= 11 is 0. The number of benzene rings is 1. The third-order valence-electron chi connectivity index (χ3n) is 4.21. The lowest BCUT2D eigenvalue weighted by atomic mass is 9.92. The van der Waals surface area contributed by atoms with Crippen molar-refractivity contribution in [2.75, 3.05) is 0 Å². The molecular formula is C15H22F2N2. The van der Waals surface area contributed by atoms with Gasteiger partial charge in [-0.2, -0.15) is 0 Å². The maximum Gasteiger partial charge on any atom is 0.248 e. The summed E-state index contributed by atoms with van der Waals surface area (Å²) in [5.74, 6) is 3.18. The van der Waals surface area contributed by atoms with E-state index in [1.807, 2.05) is 6.07 Å². The molecule has 1 saturated carbocycles. The molecule has 0 saturated heterocycles. The average molecular weight is 268 g/mol. The Balaban J connectivity index is 2.06. The molecule has 0 spiro atoms. The summed E-state index contributed by atoms with van der Waals surface area (Å²) in [6.45, 7) is 4.11. The lowest BCUT2D eigenvalue weighted by molar-refractivity contribution is 0.00430. The third kappa shape index (κ3) is 3.51. The minimum absolute atomic E-state index is 0.00394. The van der Waals surface area contributed by atoms with Gasteiger partial charge in [-0.25, -0.2) is 8.78 Å². The molecule has 19 heavy (non-hydrogen) atoms. The Hall–Kier alpha value is -1.00. The van der Waals surface area contributed by atoms with Crippen molar-refractivity contribution < 1.29 is 8.78 Å². The molecule has 0 heterocycles. The van der Waals surface area contributed by atoms with Gasteiger partial charge in [0.25, 0.3) is 0 Å². The number of halogens is 2. The van der Waals surface area contributed by atoms with E-state index in [0.29, 0.717) is 12.8 Å². The van der Waals surface area contributed by atoms with Crippen molar-refractivity contribution in [1.82, 2.24) is 5.43 Å². The van der Waals surface area contributed by atoms with E-state index in [0.717, 1.165) is 5.56 Å². The van der Waals surface area contributed by atoms with Crippen LogP contribution in [0.1, 0.15) is 48.4 Å². The molecule has 0 radical (unpaired) electrons. The molecule has 106 valence electrons. The van der Waals surface area contributed by atoms with Crippen LogP contribution in [0.15, 0.2) is 18.2 Å². The standard InChI is InChI=1S/C15H22F2N2/c1-10-3-4-13(7-11(10)2)14(19-18)8-12-5-6-15(16,17)9-12/h3-4,7,12,14,19H,5-6,8-9,18H2,1-2H3. The van der Waals surface area contributed by atoms with Gasteiger partial charge in [0.05, 0.1) is 0 Å². The van der Waals surface area contributed by atoms with Gasteiger partial charge in [0.15, 0.2) is 0 Å². The van der Waals surface area contributed by atoms with Gasteiger partial charge in [0.2, 0.25) is 5.92 Å². The van der Waals surface area contributed by atoms with Crippen LogP contribution in [0.3, 0.4) is 0 Å². The summed E-state index contributed by atoms with van der Waals surface area (Å²) in [7, 11) is 0. The highest BCUT2D eigenvalue weighted by atomic mass is 19.3. The molecule has 0 amide bonds. The zero-order valence-electron chi connectivity index (χ0n) is 11.5. The average Bonchev–Trinajstić information content (AvgIpc) is 2.69. The first-order chi connectivity index (χ1) is 8.91. The van der Waals surface area contributed by atoms with E-state index in [4.69, 9.17) is 5.84 Å². The molecule has 1 aliphatic rings. The number of alkyl halides is 2. The highest BCUT2D eigenvalue weighted by molar-refractivity contribution is 5.31. The van der Waals surface area contributed by atoms with Crippen molar-refractivity contribution in [3.63, 3.8) is 0 Å². The van der Waals surface area contributed by atoms with Gasteiger partial charge in [-0.15, -0.1) is 0 Å². The van der Waals surface area contributed by atoms with Crippen LogP contribution in [-0.2, 0) is 0 Å². The molecule has 2 rings (SSSR count). The van der Waals surface area contributed by atoms with Crippen LogP contribution in [0.2, 0.25) is 0 Å². The smallest absolute Gasteiger partial charge is 0.248 e. The van der Waals surface area contributed by atoms with Crippen LogP contribution in [-0.4, -0.2) is 5.92 Å². The van der Waals surface area contributed by atoms with Gasteiger partial charge in [-0.3, -0.25) is 11.3 Å². The van der Waals surface area contributed by atoms with Crippen molar-refractivity contribution in [2.24, 2.45) is 11.8 Å². The number of aryl methyl sites for hydroxylation is 2. The first-order valence-electron chi connectivity index (χ1n) is 6.82. The van der Waals surface area contributed by atoms with E-state index in [9.17, 15) is 8.78 Å². The Bertz CT molecular complexity index is 446. The molecule has 2 unspecified atom stereocenters. The molecule has 2 atom stereocenters. The van der Waals surface area contributed by atoms with Gasteiger partial charge in [0, 0.05) is 18.9 Å². The fraction of sp³-hybridized carbons (Fsp3) is 0.600. The molecule has 4 heteroatoms. The van der Waals surface area contributed by atoms with Crippen LogP contribution in [0.4, 0.5) is 8.78 Å². The minimum atomic E-state index is -2.48. The molecule has 0 aliphatic heterocycles. The summed E-state index contributed by atoms with van der Waals surface area (Å²) in [5.41, 5.74) is 6.29. The molecule has 0 aromatic heterocycles. The summed E-state index contributed by atoms with van der Waals surface area (Å²) in [6, 6.07) is 6.13. The third-order valence-corrected chi connectivity index (χ3v) is 4.21. The number of nitrogens with two attached hydrogens (primary N) is 1. The first kappa shape index (κ1) is 14.4. The normalized spacial score (nSPS) is 23.5. The van der Waals surface area contributed by atoms with Crippen LogP contribution in [0.5, 0.6) is 0 Å². The Kier molecular flexibility index (Phi) is 4.21. The van der Waals surface area contributed by atoms with E-state index in [1.165, 1.54) is 11.1 Å². The molecule has 1 aliphatic carbocycles. The fourth-order valence-electron chi connectivity index (χ4n) is 2.86. The molecule has 1 aromatic rings. The summed E-state index contributed by atoms with van der Waals surface area (Å²) in [4.78, 5) is 0. The maximum absolute atomic E-state index is 13.2. The molecule has 2 nitrogen and oxygen atoms in total. The fourth-order valence-corrected chi connectivity index (χ4v) is 2.86. The lowest BCUT2D eigenvalue weighted by Crippen LogP contribution is -2.29. The maximum atomic E-state index is 13.2. The Morgan fingerprint density at radius 1 is 1.37 bits per heavy atom. The molecule has 1 aromatic carbocycles.